The second kappa shape index (κ2) is 3.92. The summed E-state index contributed by atoms with van der Waals surface area (Å²) in [6.07, 6.45) is 1.59. The first-order valence-corrected chi connectivity index (χ1v) is 3.16. The first-order valence-electron chi connectivity index (χ1n) is 3.16. The number of nitrogen functional groups attached to an aromatic ring is 1. The maximum atomic E-state index is 10.6. The fourth-order valence-corrected chi connectivity index (χ4v) is 0.765. The summed E-state index contributed by atoms with van der Waals surface area (Å²) in [6.45, 7) is 0. The lowest BCUT2D eigenvalue weighted by atomic mass is 10.2. The average Bonchev–Trinajstić information content (AvgIpc) is 1.94. The Morgan fingerprint density at radius 2 is 2.08 bits per heavy atom. The van der Waals surface area contributed by atoms with Crippen molar-refractivity contribution in [2.45, 2.75) is 0 Å². The molecule has 1 amide bonds. The van der Waals surface area contributed by atoms with Crippen molar-refractivity contribution >= 4 is 11.7 Å². The van der Waals surface area contributed by atoms with Crippen molar-refractivity contribution in [3.8, 4) is 0 Å². The number of anilines is 1. The third-order valence-electron chi connectivity index (χ3n) is 1.46. The molecule has 0 aliphatic carbocycles. The molecular weight excluding hydrogens is 178 g/mol. The molecule has 0 saturated carbocycles. The minimum absolute atomic E-state index is 0. The van der Waals surface area contributed by atoms with Gasteiger partial charge in [0.2, 0.25) is 0 Å². The van der Waals surface area contributed by atoms with Crippen molar-refractivity contribution < 1.29 is 21.8 Å². The lowest BCUT2D eigenvalue weighted by Gasteiger charge is -1.96. The topological polar surface area (TPSA) is 73.0 Å². The number of primary amides is 1. The molecule has 0 radical (unpaired) electrons. The van der Waals surface area contributed by atoms with Crippen molar-refractivity contribution in [1.82, 2.24) is 0 Å². The van der Waals surface area contributed by atoms with Crippen LogP contribution in [-0.2, 0) is 7.05 Å². The van der Waals surface area contributed by atoms with Crippen molar-refractivity contribution in [1.29, 1.82) is 0 Å². The van der Waals surface area contributed by atoms with E-state index in [0.717, 1.165) is 0 Å². The number of amides is 1. The largest absolute Gasteiger partial charge is 1.00 e. The molecule has 1 aromatic rings. The molecule has 1 heterocycles. The molecule has 4 N–H and O–H groups in total. The van der Waals surface area contributed by atoms with Gasteiger partial charge in [0.1, 0.15) is 6.20 Å². The van der Waals surface area contributed by atoms with Gasteiger partial charge in [-0.3, -0.25) is 10.5 Å². The molecule has 1 aromatic heterocycles. The van der Waals surface area contributed by atoms with E-state index < -0.39 is 5.91 Å². The van der Waals surface area contributed by atoms with E-state index in [1.807, 2.05) is 0 Å². The van der Waals surface area contributed by atoms with Crippen LogP contribution in [0.15, 0.2) is 18.3 Å². The average molecular weight is 188 g/mol. The number of pyridine rings is 1. The van der Waals surface area contributed by atoms with Gasteiger partial charge >= 0.3 is 0 Å². The Morgan fingerprint density at radius 3 is 2.50 bits per heavy atom. The predicted octanol–water partition coefficient (Wildman–Crippen LogP) is -3.80. The van der Waals surface area contributed by atoms with Gasteiger partial charge in [-0.25, -0.2) is 4.57 Å². The Bertz CT molecular complexity index is 301. The molecule has 66 valence electrons. The summed E-state index contributed by atoms with van der Waals surface area (Å²) < 4.78 is 1.64. The van der Waals surface area contributed by atoms with Crippen LogP contribution >= 0.6 is 0 Å². The van der Waals surface area contributed by atoms with Crippen molar-refractivity contribution in [2.24, 2.45) is 12.8 Å². The maximum Gasteiger partial charge on any atom is 0.272 e. The molecule has 0 spiro atoms. The van der Waals surface area contributed by atoms with E-state index in [2.05, 4.69) is 0 Å². The number of aromatic nitrogens is 1. The third kappa shape index (κ3) is 2.10. The van der Waals surface area contributed by atoms with Crippen LogP contribution < -0.4 is 28.4 Å². The van der Waals surface area contributed by atoms with Gasteiger partial charge in [0.05, 0.1) is 12.6 Å². The van der Waals surface area contributed by atoms with E-state index in [9.17, 15) is 4.79 Å². The number of nitrogens with two attached hydrogens (primary N) is 2. The Kier molecular flexibility index (Phi) is 3.50. The lowest BCUT2D eigenvalue weighted by molar-refractivity contribution is -0.656. The first-order chi connectivity index (χ1) is 5.11. The molecule has 0 unspecified atom stereocenters. The summed E-state index contributed by atoms with van der Waals surface area (Å²) >= 11 is 0. The van der Waals surface area contributed by atoms with Crippen LogP contribution in [-0.4, -0.2) is 5.91 Å². The highest BCUT2D eigenvalue weighted by Gasteiger charge is 2.04. The summed E-state index contributed by atoms with van der Waals surface area (Å²) in [5, 5.41) is 0. The molecule has 0 aliphatic rings. The fourth-order valence-electron chi connectivity index (χ4n) is 0.765. The molecule has 12 heavy (non-hydrogen) atoms. The normalized spacial score (nSPS) is 8.75. The Morgan fingerprint density at radius 1 is 1.50 bits per heavy atom. The zero-order valence-corrected chi connectivity index (χ0v) is 7.38. The number of halogens is 1. The number of carbonyl (C=O) groups is 1. The Hall–Kier alpha value is -1.29. The number of carbonyl (C=O) groups excluding carboxylic acids is 1. The number of hydrogen-bond donors (Lipinski definition) is 2. The highest BCUT2D eigenvalue weighted by Crippen LogP contribution is 1.96. The molecule has 1 rings (SSSR count). The van der Waals surface area contributed by atoms with Crippen LogP contribution in [0.3, 0.4) is 0 Å². The molecule has 5 heteroatoms. The molecule has 0 aromatic carbocycles. The fraction of sp³-hybridized carbons (Fsp3) is 0.143. The molecule has 0 atom stereocenters. The van der Waals surface area contributed by atoms with Crippen molar-refractivity contribution in [2.75, 3.05) is 5.73 Å². The van der Waals surface area contributed by atoms with E-state index in [1.165, 1.54) is 0 Å². The smallest absolute Gasteiger partial charge is 0.272 e. The van der Waals surface area contributed by atoms with Crippen molar-refractivity contribution in [3.63, 3.8) is 0 Å². The van der Waals surface area contributed by atoms with Gasteiger partial charge in [-0.1, -0.05) is 0 Å². The van der Waals surface area contributed by atoms with Crippen molar-refractivity contribution in [3.05, 3.63) is 23.9 Å². The van der Waals surface area contributed by atoms with E-state index in [0.29, 0.717) is 11.4 Å². The van der Waals surface area contributed by atoms with Gasteiger partial charge in [-0.15, -0.1) is 0 Å². The highest BCUT2D eigenvalue weighted by atomic mass is 35.5. The van der Waals surface area contributed by atoms with Crippen LogP contribution in [0.5, 0.6) is 0 Å². The minimum Gasteiger partial charge on any atom is -1.00 e. The highest BCUT2D eigenvalue weighted by molar-refractivity contribution is 5.92. The predicted molar refractivity (Wildman–Crippen MR) is 40.5 cm³/mol. The number of rotatable bonds is 1. The summed E-state index contributed by atoms with van der Waals surface area (Å²) in [5.74, 6) is 0.149. The zero-order chi connectivity index (χ0) is 8.43. The van der Waals surface area contributed by atoms with Crippen LogP contribution in [0.25, 0.3) is 0 Å². The van der Waals surface area contributed by atoms with Gasteiger partial charge in [-0.2, -0.15) is 0 Å². The minimum atomic E-state index is -0.444. The van der Waals surface area contributed by atoms with Gasteiger partial charge in [0.15, 0.2) is 0 Å². The standard InChI is InChI=1S/C7H9N3O.ClH/c1-10-4-5(7(9)11)2-3-6(10)8;/h2-4,8H,1H3,(H2,9,11);1H. The van der Waals surface area contributed by atoms with Crippen LogP contribution in [0.4, 0.5) is 5.82 Å². The second-order valence-corrected chi connectivity index (χ2v) is 2.32. The van der Waals surface area contributed by atoms with Crippen LogP contribution in [0, 0.1) is 0 Å². The number of aryl methyl sites for hydroxylation is 1. The van der Waals surface area contributed by atoms with Crippen LogP contribution in [0.1, 0.15) is 10.4 Å². The molecule has 0 bridgehead atoms. The molecule has 4 nitrogen and oxygen atoms in total. The molecule has 0 fully saturated rings. The van der Waals surface area contributed by atoms with Gasteiger partial charge in [0.25, 0.3) is 11.7 Å². The summed E-state index contributed by atoms with van der Waals surface area (Å²) in [6, 6.07) is 3.23. The van der Waals surface area contributed by atoms with Gasteiger partial charge in [-0.05, 0) is 6.07 Å². The van der Waals surface area contributed by atoms with E-state index >= 15 is 0 Å². The maximum absolute atomic E-state index is 10.6. The quantitative estimate of drug-likeness (QED) is 0.443. The summed E-state index contributed by atoms with van der Waals surface area (Å²) in [7, 11) is 1.75. The first kappa shape index (κ1) is 10.7. The molecule has 0 saturated heterocycles. The van der Waals surface area contributed by atoms with E-state index in [1.54, 1.807) is 29.9 Å². The monoisotopic (exact) mass is 187 g/mol. The van der Waals surface area contributed by atoms with E-state index in [-0.39, 0.29) is 12.4 Å². The number of hydrogen-bond acceptors (Lipinski definition) is 2. The Balaban J connectivity index is 0.00000121. The SMILES string of the molecule is C[n+]1cc(C(N)=O)ccc1N.[Cl-]. The van der Waals surface area contributed by atoms with Gasteiger partial charge < -0.3 is 18.1 Å². The molecular formula is C7H10ClN3O. The lowest BCUT2D eigenvalue weighted by Crippen LogP contribution is -3.00. The second-order valence-electron chi connectivity index (χ2n) is 2.32. The third-order valence-corrected chi connectivity index (χ3v) is 1.46. The van der Waals surface area contributed by atoms with Crippen LogP contribution in [0.2, 0.25) is 0 Å². The zero-order valence-electron chi connectivity index (χ0n) is 6.62. The summed E-state index contributed by atoms with van der Waals surface area (Å²) in [5.41, 5.74) is 11.0. The number of nitrogens with zero attached hydrogens (tertiary/aromatic N) is 1. The Labute approximate surface area is 76.6 Å². The van der Waals surface area contributed by atoms with Gasteiger partial charge in [0, 0.05) is 6.07 Å². The summed E-state index contributed by atoms with van der Waals surface area (Å²) in [4.78, 5) is 10.6. The molecule has 0 aliphatic heterocycles. The van der Waals surface area contributed by atoms with E-state index in [4.69, 9.17) is 11.5 Å².